The zero-order valence-electron chi connectivity index (χ0n) is 15.0. The summed E-state index contributed by atoms with van der Waals surface area (Å²) < 4.78 is 5.71. The van der Waals surface area contributed by atoms with E-state index in [9.17, 15) is 0 Å². The Hall–Kier alpha value is -1.28. The quantitative estimate of drug-likeness (QED) is 0.713. The van der Waals surface area contributed by atoms with Crippen molar-refractivity contribution >= 4 is 0 Å². The molecule has 0 spiro atoms. The second kappa shape index (κ2) is 7.31. The largest absolute Gasteiger partial charge is 0.496 e. The average Bonchev–Trinajstić information content (AvgIpc) is 2.68. The van der Waals surface area contributed by atoms with Crippen molar-refractivity contribution in [3.05, 3.63) is 41.5 Å². The van der Waals surface area contributed by atoms with E-state index in [0.29, 0.717) is 6.04 Å². The molecule has 1 heterocycles. The Balaban J connectivity index is 1.47. The molecule has 4 rings (SSSR count). The standard InChI is InChI=1S/C22H31NO/c1-24-21-12-6-10-19-9-5-11-20(22(19)21)23-15-13-18(14-16-23)17-7-3-2-4-8-17/h3,6-7,10,12,17-18,20H,2,4-5,8-9,11,13-16H2,1H3. The zero-order chi connectivity index (χ0) is 16.4. The van der Waals surface area contributed by atoms with Crippen molar-refractivity contribution < 1.29 is 4.74 Å². The number of aryl methyl sites for hydroxylation is 1. The topological polar surface area (TPSA) is 12.5 Å². The lowest BCUT2D eigenvalue weighted by molar-refractivity contribution is 0.102. The number of fused-ring (bicyclic) bond motifs is 1. The van der Waals surface area contributed by atoms with Gasteiger partial charge in [0.25, 0.3) is 0 Å². The highest BCUT2D eigenvalue weighted by atomic mass is 16.5. The van der Waals surface area contributed by atoms with Crippen LogP contribution in [0.15, 0.2) is 30.4 Å². The SMILES string of the molecule is COc1cccc2c1C(N1CCC(C3C=CCCC3)CC1)CCC2. The number of piperidine rings is 1. The molecule has 1 fully saturated rings. The van der Waals surface area contributed by atoms with Gasteiger partial charge < -0.3 is 4.74 Å². The molecule has 1 aromatic carbocycles. The maximum Gasteiger partial charge on any atom is 0.123 e. The van der Waals surface area contributed by atoms with Crippen molar-refractivity contribution in [3.8, 4) is 5.75 Å². The summed E-state index contributed by atoms with van der Waals surface area (Å²) >= 11 is 0. The maximum absolute atomic E-state index is 5.71. The van der Waals surface area contributed by atoms with Crippen molar-refractivity contribution in [2.24, 2.45) is 11.8 Å². The minimum atomic E-state index is 0.577. The predicted molar refractivity (Wildman–Crippen MR) is 99.5 cm³/mol. The van der Waals surface area contributed by atoms with E-state index < -0.39 is 0 Å². The Labute approximate surface area is 146 Å². The fourth-order valence-electron chi connectivity index (χ4n) is 5.25. The number of rotatable bonds is 3. The van der Waals surface area contributed by atoms with E-state index in [0.717, 1.165) is 17.6 Å². The Morgan fingerprint density at radius 3 is 2.67 bits per heavy atom. The lowest BCUT2D eigenvalue weighted by atomic mass is 9.78. The summed E-state index contributed by atoms with van der Waals surface area (Å²) in [4.78, 5) is 2.75. The van der Waals surface area contributed by atoms with E-state index in [4.69, 9.17) is 4.74 Å². The molecule has 2 nitrogen and oxygen atoms in total. The van der Waals surface area contributed by atoms with Gasteiger partial charge in [0.05, 0.1) is 7.11 Å². The molecule has 1 saturated heterocycles. The Morgan fingerprint density at radius 1 is 1.04 bits per heavy atom. The highest BCUT2D eigenvalue weighted by Gasteiger charge is 2.33. The van der Waals surface area contributed by atoms with Crippen LogP contribution in [-0.2, 0) is 6.42 Å². The first-order valence-corrected chi connectivity index (χ1v) is 9.93. The first kappa shape index (κ1) is 16.2. The van der Waals surface area contributed by atoms with Crippen LogP contribution in [0.5, 0.6) is 5.75 Å². The highest BCUT2D eigenvalue weighted by molar-refractivity contribution is 5.44. The summed E-state index contributed by atoms with van der Waals surface area (Å²) in [7, 11) is 1.82. The van der Waals surface area contributed by atoms with Crippen LogP contribution in [-0.4, -0.2) is 25.1 Å². The number of ether oxygens (including phenoxy) is 1. The monoisotopic (exact) mass is 325 g/mol. The number of hydrogen-bond donors (Lipinski definition) is 0. The van der Waals surface area contributed by atoms with E-state index in [2.05, 4.69) is 35.3 Å². The smallest absolute Gasteiger partial charge is 0.123 e. The highest BCUT2D eigenvalue weighted by Crippen LogP contribution is 2.42. The van der Waals surface area contributed by atoms with Crippen molar-refractivity contribution in [2.45, 2.75) is 57.4 Å². The van der Waals surface area contributed by atoms with Gasteiger partial charge in [-0.15, -0.1) is 0 Å². The number of hydrogen-bond acceptors (Lipinski definition) is 2. The van der Waals surface area contributed by atoms with Crippen LogP contribution in [0.2, 0.25) is 0 Å². The van der Waals surface area contributed by atoms with E-state index in [-0.39, 0.29) is 0 Å². The van der Waals surface area contributed by atoms with Gasteiger partial charge in [-0.05, 0) is 87.9 Å². The fraction of sp³-hybridized carbons (Fsp3) is 0.636. The number of nitrogens with zero attached hydrogens (tertiary/aromatic N) is 1. The third-order valence-corrected chi connectivity index (χ3v) is 6.55. The van der Waals surface area contributed by atoms with E-state index in [1.54, 1.807) is 0 Å². The van der Waals surface area contributed by atoms with Gasteiger partial charge in [0.1, 0.15) is 5.75 Å². The molecule has 0 N–H and O–H groups in total. The molecule has 3 aliphatic rings. The van der Waals surface area contributed by atoms with Crippen molar-refractivity contribution in [1.82, 2.24) is 4.90 Å². The Bertz CT molecular complexity index is 571. The molecule has 2 heteroatoms. The van der Waals surface area contributed by atoms with Gasteiger partial charge in [-0.3, -0.25) is 4.90 Å². The van der Waals surface area contributed by atoms with E-state index in [1.807, 2.05) is 7.11 Å². The number of methoxy groups -OCH3 is 1. The molecule has 0 bridgehead atoms. The first-order valence-electron chi connectivity index (χ1n) is 9.93. The zero-order valence-corrected chi connectivity index (χ0v) is 15.0. The predicted octanol–water partition coefficient (Wildman–Crippen LogP) is 5.14. The molecule has 2 atom stereocenters. The van der Waals surface area contributed by atoms with Crippen LogP contribution in [0.25, 0.3) is 0 Å². The van der Waals surface area contributed by atoms with Gasteiger partial charge in [0, 0.05) is 11.6 Å². The summed E-state index contributed by atoms with van der Waals surface area (Å²) in [5.41, 5.74) is 3.00. The molecule has 1 aliphatic heterocycles. The van der Waals surface area contributed by atoms with Gasteiger partial charge in [-0.1, -0.05) is 24.3 Å². The summed E-state index contributed by atoms with van der Waals surface area (Å²) in [5.74, 6) is 2.88. The average molecular weight is 325 g/mol. The van der Waals surface area contributed by atoms with Crippen LogP contribution in [0.3, 0.4) is 0 Å². The van der Waals surface area contributed by atoms with Gasteiger partial charge in [-0.25, -0.2) is 0 Å². The minimum Gasteiger partial charge on any atom is -0.496 e. The van der Waals surface area contributed by atoms with Crippen LogP contribution in [0, 0.1) is 11.8 Å². The van der Waals surface area contributed by atoms with Crippen LogP contribution in [0.1, 0.15) is 62.1 Å². The molecule has 130 valence electrons. The second-order valence-electron chi connectivity index (χ2n) is 7.84. The Morgan fingerprint density at radius 2 is 1.92 bits per heavy atom. The molecule has 2 unspecified atom stereocenters. The molecular weight excluding hydrogens is 294 g/mol. The summed E-state index contributed by atoms with van der Waals surface area (Å²) in [6.07, 6.45) is 15.6. The van der Waals surface area contributed by atoms with Gasteiger partial charge >= 0.3 is 0 Å². The second-order valence-corrected chi connectivity index (χ2v) is 7.84. The van der Waals surface area contributed by atoms with Gasteiger partial charge in [0.15, 0.2) is 0 Å². The summed E-state index contributed by atoms with van der Waals surface area (Å²) in [6, 6.07) is 7.19. The van der Waals surface area contributed by atoms with Crippen molar-refractivity contribution in [3.63, 3.8) is 0 Å². The molecule has 0 saturated carbocycles. The van der Waals surface area contributed by atoms with Crippen molar-refractivity contribution in [1.29, 1.82) is 0 Å². The third kappa shape index (κ3) is 3.13. The summed E-state index contributed by atoms with van der Waals surface area (Å²) in [5, 5.41) is 0. The van der Waals surface area contributed by atoms with Crippen LogP contribution in [0.4, 0.5) is 0 Å². The Kier molecular flexibility index (Phi) is 4.93. The lowest BCUT2D eigenvalue weighted by Crippen LogP contribution is -2.39. The van der Waals surface area contributed by atoms with Gasteiger partial charge in [0.2, 0.25) is 0 Å². The maximum atomic E-state index is 5.71. The third-order valence-electron chi connectivity index (χ3n) is 6.55. The number of allylic oxidation sites excluding steroid dienone is 2. The lowest BCUT2D eigenvalue weighted by Gasteiger charge is -2.42. The molecular formula is C22H31NO. The minimum absolute atomic E-state index is 0.577. The van der Waals surface area contributed by atoms with E-state index in [1.165, 1.54) is 75.6 Å². The molecule has 0 radical (unpaired) electrons. The fourth-order valence-corrected chi connectivity index (χ4v) is 5.25. The number of benzene rings is 1. The van der Waals surface area contributed by atoms with Crippen molar-refractivity contribution in [2.75, 3.05) is 20.2 Å². The first-order chi connectivity index (χ1) is 11.9. The molecule has 1 aromatic rings. The molecule has 24 heavy (non-hydrogen) atoms. The normalized spacial score (nSPS) is 28.5. The number of likely N-dealkylation sites (tertiary alicyclic amines) is 1. The molecule has 0 amide bonds. The van der Waals surface area contributed by atoms with E-state index >= 15 is 0 Å². The van der Waals surface area contributed by atoms with Gasteiger partial charge in [-0.2, -0.15) is 0 Å². The summed E-state index contributed by atoms with van der Waals surface area (Å²) in [6.45, 7) is 2.52. The van der Waals surface area contributed by atoms with Crippen LogP contribution >= 0.6 is 0 Å². The van der Waals surface area contributed by atoms with Crippen LogP contribution < -0.4 is 4.74 Å². The molecule has 0 aromatic heterocycles. The molecule has 2 aliphatic carbocycles.